The zero-order valence-electron chi connectivity index (χ0n) is 15.4. The van der Waals surface area contributed by atoms with Crippen molar-refractivity contribution in [3.63, 3.8) is 0 Å². The number of anilines is 1. The molecule has 2 aromatic heterocycles. The van der Waals surface area contributed by atoms with Gasteiger partial charge in [-0.15, -0.1) is 0 Å². The van der Waals surface area contributed by atoms with E-state index in [0.717, 1.165) is 60.9 Å². The van der Waals surface area contributed by atoms with E-state index in [9.17, 15) is 10.1 Å². The first-order valence-electron chi connectivity index (χ1n) is 8.95. The second kappa shape index (κ2) is 6.96. The number of hydrogen-bond donors (Lipinski definition) is 0. The van der Waals surface area contributed by atoms with E-state index in [1.165, 1.54) is 11.6 Å². The van der Waals surface area contributed by atoms with E-state index < -0.39 is 0 Å². The van der Waals surface area contributed by atoms with Gasteiger partial charge in [-0.3, -0.25) is 15.0 Å². The molecule has 8 nitrogen and oxygen atoms in total. The Morgan fingerprint density at radius 1 is 1.15 bits per heavy atom. The minimum Gasteiger partial charge on any atom is -0.361 e. The molecule has 4 rings (SSSR count). The fraction of sp³-hybridized carbons (Fsp3) is 0.368. The van der Waals surface area contributed by atoms with Crippen molar-refractivity contribution in [3.8, 4) is 0 Å². The van der Waals surface area contributed by atoms with Crippen molar-refractivity contribution < 1.29 is 9.45 Å². The van der Waals surface area contributed by atoms with Crippen LogP contribution in [-0.2, 0) is 6.54 Å². The van der Waals surface area contributed by atoms with E-state index in [1.807, 2.05) is 26.0 Å². The molecule has 0 atom stereocenters. The summed E-state index contributed by atoms with van der Waals surface area (Å²) in [7, 11) is 0. The van der Waals surface area contributed by atoms with Crippen LogP contribution in [0.3, 0.4) is 0 Å². The first kappa shape index (κ1) is 17.4. The Balaban J connectivity index is 1.44. The van der Waals surface area contributed by atoms with Gasteiger partial charge in [-0.1, -0.05) is 5.16 Å². The van der Waals surface area contributed by atoms with Crippen LogP contribution in [0.1, 0.15) is 17.0 Å². The van der Waals surface area contributed by atoms with Crippen LogP contribution >= 0.6 is 0 Å². The first-order chi connectivity index (χ1) is 13.0. The number of nitro groups is 1. The Morgan fingerprint density at radius 2 is 1.93 bits per heavy atom. The van der Waals surface area contributed by atoms with Gasteiger partial charge in [0.15, 0.2) is 0 Å². The lowest BCUT2D eigenvalue weighted by Gasteiger charge is -2.35. The van der Waals surface area contributed by atoms with Crippen molar-refractivity contribution in [2.75, 3.05) is 31.1 Å². The third kappa shape index (κ3) is 3.48. The number of nitro benzene ring substituents is 1. The van der Waals surface area contributed by atoms with Gasteiger partial charge in [-0.05, 0) is 32.0 Å². The standard InChI is InChI=1S/C19H21N5O3/c1-13-17(14(2)27-21-13)12-22-7-9-23(10-8-22)19-6-3-15-11-16(24(25)26)4-5-18(15)20-19/h3-6,11H,7-10,12H2,1-2H3. The lowest BCUT2D eigenvalue weighted by atomic mass is 10.1. The zero-order valence-corrected chi connectivity index (χ0v) is 15.4. The molecule has 1 fully saturated rings. The third-order valence-electron chi connectivity index (χ3n) is 5.13. The minimum atomic E-state index is -0.383. The number of hydrogen-bond acceptors (Lipinski definition) is 7. The van der Waals surface area contributed by atoms with Crippen molar-refractivity contribution in [2.45, 2.75) is 20.4 Å². The largest absolute Gasteiger partial charge is 0.361 e. The molecule has 1 saturated heterocycles. The highest BCUT2D eigenvalue weighted by atomic mass is 16.6. The summed E-state index contributed by atoms with van der Waals surface area (Å²) in [5, 5.41) is 15.7. The number of benzene rings is 1. The summed E-state index contributed by atoms with van der Waals surface area (Å²) in [6, 6.07) is 8.62. The van der Waals surface area contributed by atoms with Crippen molar-refractivity contribution >= 4 is 22.4 Å². The topological polar surface area (TPSA) is 88.5 Å². The van der Waals surface area contributed by atoms with Gasteiger partial charge in [0.2, 0.25) is 0 Å². The molecule has 0 aliphatic carbocycles. The SMILES string of the molecule is Cc1noc(C)c1CN1CCN(c2ccc3cc([N+](=O)[O-])ccc3n2)CC1. The average Bonchev–Trinajstić information content (AvgIpc) is 2.99. The predicted octanol–water partition coefficient (Wildman–Crippen LogP) is 3.07. The fourth-order valence-corrected chi connectivity index (χ4v) is 3.48. The second-order valence-corrected chi connectivity index (χ2v) is 6.87. The highest BCUT2D eigenvalue weighted by Crippen LogP contribution is 2.24. The number of fused-ring (bicyclic) bond motifs is 1. The lowest BCUT2D eigenvalue weighted by Crippen LogP contribution is -2.46. The summed E-state index contributed by atoms with van der Waals surface area (Å²) < 4.78 is 5.25. The molecule has 3 heterocycles. The van der Waals surface area contributed by atoms with Gasteiger partial charge in [0, 0.05) is 55.8 Å². The number of piperazine rings is 1. The Bertz CT molecular complexity index is 973. The van der Waals surface area contributed by atoms with Crippen LogP contribution in [0.4, 0.5) is 11.5 Å². The van der Waals surface area contributed by atoms with Crippen LogP contribution in [0, 0.1) is 24.0 Å². The maximum absolute atomic E-state index is 10.9. The number of rotatable bonds is 4. The Morgan fingerprint density at radius 3 is 2.59 bits per heavy atom. The first-order valence-corrected chi connectivity index (χ1v) is 8.95. The maximum Gasteiger partial charge on any atom is 0.270 e. The fourth-order valence-electron chi connectivity index (χ4n) is 3.48. The highest BCUT2D eigenvalue weighted by Gasteiger charge is 2.21. The molecule has 0 N–H and O–H groups in total. The number of non-ortho nitro benzene ring substituents is 1. The smallest absolute Gasteiger partial charge is 0.270 e. The molecule has 0 unspecified atom stereocenters. The van der Waals surface area contributed by atoms with Gasteiger partial charge in [0.1, 0.15) is 11.6 Å². The molecule has 27 heavy (non-hydrogen) atoms. The van der Waals surface area contributed by atoms with Crippen LogP contribution in [0.2, 0.25) is 0 Å². The number of pyridine rings is 1. The van der Waals surface area contributed by atoms with Crippen molar-refractivity contribution in [2.24, 2.45) is 0 Å². The molecule has 0 saturated carbocycles. The molecule has 1 aromatic carbocycles. The van der Waals surface area contributed by atoms with E-state index in [-0.39, 0.29) is 10.6 Å². The highest BCUT2D eigenvalue weighted by molar-refractivity contribution is 5.82. The molecular weight excluding hydrogens is 346 g/mol. The van der Waals surface area contributed by atoms with Crippen LogP contribution in [0.5, 0.6) is 0 Å². The molecule has 0 radical (unpaired) electrons. The molecule has 140 valence electrons. The molecule has 8 heteroatoms. The maximum atomic E-state index is 10.9. The molecule has 0 amide bonds. The van der Waals surface area contributed by atoms with Crippen LogP contribution in [0.25, 0.3) is 10.9 Å². The van der Waals surface area contributed by atoms with Gasteiger partial charge in [-0.2, -0.15) is 0 Å². The van der Waals surface area contributed by atoms with Crippen molar-refractivity contribution in [1.29, 1.82) is 0 Å². The monoisotopic (exact) mass is 367 g/mol. The molecule has 0 spiro atoms. The Hall–Kier alpha value is -3.00. The van der Waals surface area contributed by atoms with Gasteiger partial charge in [0.25, 0.3) is 5.69 Å². The molecule has 0 bridgehead atoms. The number of nitrogens with zero attached hydrogens (tertiary/aromatic N) is 5. The third-order valence-corrected chi connectivity index (χ3v) is 5.13. The molecule has 3 aromatic rings. The van der Waals surface area contributed by atoms with Gasteiger partial charge in [-0.25, -0.2) is 4.98 Å². The van der Waals surface area contributed by atoms with Crippen LogP contribution < -0.4 is 4.90 Å². The van der Waals surface area contributed by atoms with Gasteiger partial charge < -0.3 is 9.42 Å². The van der Waals surface area contributed by atoms with Gasteiger partial charge >= 0.3 is 0 Å². The summed E-state index contributed by atoms with van der Waals surface area (Å²) in [5.41, 5.74) is 3.00. The van der Waals surface area contributed by atoms with Crippen LogP contribution in [0.15, 0.2) is 34.9 Å². The quantitative estimate of drug-likeness (QED) is 0.517. The zero-order chi connectivity index (χ0) is 19.0. The van der Waals surface area contributed by atoms with Crippen molar-refractivity contribution in [3.05, 3.63) is 57.5 Å². The van der Waals surface area contributed by atoms with E-state index in [0.29, 0.717) is 0 Å². The lowest BCUT2D eigenvalue weighted by molar-refractivity contribution is -0.384. The second-order valence-electron chi connectivity index (χ2n) is 6.87. The van der Waals surface area contributed by atoms with Gasteiger partial charge in [0.05, 0.1) is 16.1 Å². The summed E-state index contributed by atoms with van der Waals surface area (Å²) in [5.74, 6) is 1.80. The predicted molar refractivity (Wildman–Crippen MR) is 102 cm³/mol. The Kier molecular flexibility index (Phi) is 4.49. The summed E-state index contributed by atoms with van der Waals surface area (Å²) >= 11 is 0. The average molecular weight is 367 g/mol. The van der Waals surface area contributed by atoms with Crippen molar-refractivity contribution in [1.82, 2.24) is 15.0 Å². The minimum absolute atomic E-state index is 0.0880. The van der Waals surface area contributed by atoms with E-state index in [2.05, 4.69) is 19.9 Å². The van der Waals surface area contributed by atoms with E-state index >= 15 is 0 Å². The summed E-state index contributed by atoms with van der Waals surface area (Å²) in [6.07, 6.45) is 0. The number of aryl methyl sites for hydroxylation is 2. The van der Waals surface area contributed by atoms with E-state index in [1.54, 1.807) is 12.1 Å². The molecule has 1 aliphatic heterocycles. The van der Waals surface area contributed by atoms with E-state index in [4.69, 9.17) is 4.52 Å². The summed E-state index contributed by atoms with van der Waals surface area (Å²) in [6.45, 7) is 8.42. The number of aromatic nitrogens is 2. The Labute approximate surface area is 156 Å². The molecule has 1 aliphatic rings. The van der Waals surface area contributed by atoms with Crippen LogP contribution in [-0.4, -0.2) is 46.1 Å². The molecular formula is C19H21N5O3. The summed E-state index contributed by atoms with van der Waals surface area (Å²) in [4.78, 5) is 19.9. The normalized spacial score (nSPS) is 15.4.